The largest absolute Gasteiger partial charge is 0.467 e. The van der Waals surface area contributed by atoms with E-state index in [1.165, 1.54) is 16.6 Å². The Labute approximate surface area is 275 Å². The lowest BCUT2D eigenvalue weighted by molar-refractivity contribution is -0.148. The monoisotopic (exact) mass is 640 g/mol. The van der Waals surface area contributed by atoms with Crippen LogP contribution in [0.15, 0.2) is 71.3 Å². The van der Waals surface area contributed by atoms with Crippen molar-refractivity contribution in [1.29, 1.82) is 0 Å². The van der Waals surface area contributed by atoms with Gasteiger partial charge in [-0.2, -0.15) is 11.8 Å². The quantitative estimate of drug-likeness (QED) is 0.205. The first-order valence-electron chi connectivity index (χ1n) is 16.5. The molecule has 9 heteroatoms. The second-order valence-electron chi connectivity index (χ2n) is 13.6. The number of ether oxygens (including phenoxy) is 1. The van der Waals surface area contributed by atoms with Crippen molar-refractivity contribution in [3.63, 3.8) is 0 Å². The molecule has 2 amide bonds. The van der Waals surface area contributed by atoms with Crippen molar-refractivity contribution in [3.05, 3.63) is 83.9 Å². The summed E-state index contributed by atoms with van der Waals surface area (Å²) in [4.78, 5) is 36.8. The molecule has 0 bridgehead atoms. The number of hydrogen-bond acceptors (Lipinski definition) is 6. The van der Waals surface area contributed by atoms with Gasteiger partial charge in [-0.25, -0.2) is 0 Å². The van der Waals surface area contributed by atoms with E-state index in [0.717, 1.165) is 54.7 Å². The first kappa shape index (κ1) is 30.9. The van der Waals surface area contributed by atoms with Crippen molar-refractivity contribution in [1.82, 2.24) is 9.88 Å². The van der Waals surface area contributed by atoms with Crippen molar-refractivity contribution in [2.45, 2.75) is 58.0 Å². The van der Waals surface area contributed by atoms with Gasteiger partial charge in [-0.3, -0.25) is 9.59 Å². The molecular formula is C37H44N4O4S. The highest BCUT2D eigenvalue weighted by atomic mass is 32.2. The van der Waals surface area contributed by atoms with Gasteiger partial charge in [0.25, 0.3) is 0 Å². The van der Waals surface area contributed by atoms with Gasteiger partial charge in [0, 0.05) is 47.5 Å². The number of carbonyl (C=O) groups excluding carboxylic acids is 2. The number of rotatable bonds is 9. The molecule has 3 aliphatic rings. The molecule has 8 nitrogen and oxygen atoms in total. The predicted molar refractivity (Wildman–Crippen MR) is 184 cm³/mol. The van der Waals surface area contributed by atoms with Crippen LogP contribution in [-0.2, 0) is 20.9 Å². The van der Waals surface area contributed by atoms with E-state index < -0.39 is 5.54 Å². The Hall–Kier alpha value is -3.69. The third-order valence-electron chi connectivity index (χ3n) is 10.7. The molecule has 2 aromatic heterocycles. The van der Waals surface area contributed by atoms with E-state index in [2.05, 4.69) is 72.4 Å². The Morgan fingerprint density at radius 3 is 2.48 bits per heavy atom. The van der Waals surface area contributed by atoms with Crippen LogP contribution in [0, 0.1) is 18.3 Å². The lowest BCUT2D eigenvalue weighted by atomic mass is 9.87. The number of para-hydroxylation sites is 1. The summed E-state index contributed by atoms with van der Waals surface area (Å²) < 4.78 is 11.3. The number of anilines is 2. The number of morpholine rings is 1. The molecule has 2 saturated heterocycles. The molecule has 0 spiro atoms. The summed E-state index contributed by atoms with van der Waals surface area (Å²) in [6.45, 7) is 10.1. The number of amides is 2. The van der Waals surface area contributed by atoms with E-state index in [-0.39, 0.29) is 35.6 Å². The topological polar surface area (TPSA) is 90.8 Å². The van der Waals surface area contributed by atoms with Gasteiger partial charge in [-0.1, -0.05) is 32.0 Å². The summed E-state index contributed by atoms with van der Waals surface area (Å²) in [6, 6.07) is 20.2. The van der Waals surface area contributed by atoms with Gasteiger partial charge in [0.1, 0.15) is 11.3 Å². The zero-order valence-corrected chi connectivity index (χ0v) is 27.8. The minimum absolute atomic E-state index is 0.0131. The Kier molecular flexibility index (Phi) is 8.40. The third-order valence-corrected chi connectivity index (χ3v) is 11.6. The molecule has 0 unspecified atom stereocenters. The molecule has 46 heavy (non-hydrogen) atoms. The number of nitrogens with zero attached hydrogens (tertiary/aromatic N) is 2. The lowest BCUT2D eigenvalue weighted by Crippen LogP contribution is -2.60. The number of aryl methyl sites for hydroxylation is 1. The van der Waals surface area contributed by atoms with Gasteiger partial charge in [-0.15, -0.1) is 0 Å². The molecule has 2 aliphatic heterocycles. The fourth-order valence-electron chi connectivity index (χ4n) is 7.89. The first-order valence-corrected chi connectivity index (χ1v) is 17.7. The number of hydrogen-bond donors (Lipinski definition) is 2. The van der Waals surface area contributed by atoms with E-state index in [1.54, 1.807) is 6.26 Å². The average molecular weight is 641 g/mol. The number of carbonyl (C=O) groups is 2. The fraction of sp³-hybridized carbons (Fsp3) is 0.459. The smallest absolute Gasteiger partial charge is 0.250 e. The van der Waals surface area contributed by atoms with Gasteiger partial charge < -0.3 is 29.3 Å². The Balaban J connectivity index is 1.16. The summed E-state index contributed by atoms with van der Waals surface area (Å²) in [6.07, 6.45) is 3.22. The van der Waals surface area contributed by atoms with E-state index in [4.69, 9.17) is 9.15 Å². The maximum absolute atomic E-state index is 14.6. The minimum Gasteiger partial charge on any atom is -0.467 e. The predicted octanol–water partition coefficient (Wildman–Crippen LogP) is 6.97. The highest BCUT2D eigenvalue weighted by Gasteiger charge is 2.60. The number of fused-ring (bicyclic) bond motifs is 1. The number of furan rings is 1. The molecule has 2 aromatic carbocycles. The molecular weight excluding hydrogens is 596 g/mol. The number of benzene rings is 2. The molecule has 0 radical (unpaired) electrons. The minimum atomic E-state index is -0.969. The molecule has 1 saturated carbocycles. The Morgan fingerprint density at radius 2 is 1.76 bits per heavy atom. The number of nitrogens with one attached hydrogen (secondary N) is 2. The molecule has 2 N–H and O–H groups in total. The molecule has 1 aliphatic carbocycles. The van der Waals surface area contributed by atoms with Crippen LogP contribution in [0.5, 0.6) is 0 Å². The van der Waals surface area contributed by atoms with Crippen LogP contribution in [0.3, 0.4) is 0 Å². The summed E-state index contributed by atoms with van der Waals surface area (Å²) in [5.41, 5.74) is 4.47. The zero-order valence-electron chi connectivity index (χ0n) is 27.0. The highest BCUT2D eigenvalue weighted by molar-refractivity contribution is 7.99. The second-order valence-corrected chi connectivity index (χ2v) is 14.8. The van der Waals surface area contributed by atoms with Gasteiger partial charge in [0.15, 0.2) is 0 Å². The molecule has 4 heterocycles. The van der Waals surface area contributed by atoms with Crippen LogP contribution in [-0.4, -0.2) is 65.0 Å². The van der Waals surface area contributed by atoms with Crippen LogP contribution in [0.2, 0.25) is 0 Å². The average Bonchev–Trinajstić information content (AvgIpc) is 3.43. The van der Waals surface area contributed by atoms with E-state index >= 15 is 0 Å². The van der Waals surface area contributed by atoms with Crippen molar-refractivity contribution in [2.75, 3.05) is 48.0 Å². The molecule has 7 rings (SSSR count). The van der Waals surface area contributed by atoms with Crippen molar-refractivity contribution in [3.8, 4) is 0 Å². The highest BCUT2D eigenvalue weighted by Crippen LogP contribution is 2.67. The van der Waals surface area contributed by atoms with Crippen molar-refractivity contribution < 1.29 is 18.7 Å². The third kappa shape index (κ3) is 5.72. The van der Waals surface area contributed by atoms with Gasteiger partial charge in [0.2, 0.25) is 11.8 Å². The molecule has 2 atom stereocenters. The van der Waals surface area contributed by atoms with Crippen LogP contribution in [0.25, 0.3) is 10.9 Å². The van der Waals surface area contributed by atoms with E-state index in [0.29, 0.717) is 25.0 Å². The van der Waals surface area contributed by atoms with Gasteiger partial charge in [-0.05, 0) is 96.5 Å². The summed E-state index contributed by atoms with van der Waals surface area (Å²) >= 11 is 1.84. The number of H-pyrrole nitrogens is 1. The van der Waals surface area contributed by atoms with Crippen LogP contribution < -0.4 is 10.2 Å². The standard InChI is InChI=1S/C37H44N4O4S/c1-25-33(29-8-4-5-9-31(29)38-25)34-30(36(34,2)3)23-32(42)41(24-28-7-6-18-45-28)37(14-21-46-22-15-37)35(43)39-26-10-12-27(13-11-26)40-16-19-44-20-17-40/h4-13,18,30,34,38H,14-17,19-24H2,1-3H3,(H,39,43)/t30-,34+/m0/s1. The van der Waals surface area contributed by atoms with E-state index in [1.807, 2.05) is 40.9 Å². The van der Waals surface area contributed by atoms with Gasteiger partial charge in [0.05, 0.1) is 26.0 Å². The SMILES string of the molecule is Cc1[nH]c2ccccc2c1[C@H]1[C@H](CC(=O)N(Cc2ccco2)C2(C(=O)Nc3ccc(N4CCOCC4)cc3)CCSCC2)C1(C)C. The van der Waals surface area contributed by atoms with Crippen LogP contribution in [0.4, 0.5) is 11.4 Å². The van der Waals surface area contributed by atoms with Crippen molar-refractivity contribution in [2.24, 2.45) is 11.3 Å². The van der Waals surface area contributed by atoms with E-state index in [9.17, 15) is 9.59 Å². The first-order chi connectivity index (χ1) is 22.3. The Morgan fingerprint density at radius 1 is 1.02 bits per heavy atom. The number of aromatic amines is 1. The second kappa shape index (κ2) is 12.5. The summed E-state index contributed by atoms with van der Waals surface area (Å²) in [7, 11) is 0. The number of thioether (sulfide) groups is 1. The summed E-state index contributed by atoms with van der Waals surface area (Å²) in [5, 5.41) is 4.46. The summed E-state index contributed by atoms with van der Waals surface area (Å²) in [5.74, 6) is 2.64. The molecule has 242 valence electrons. The number of aromatic nitrogens is 1. The Bertz CT molecular complexity index is 1680. The normalized spacial score (nSPS) is 22.0. The van der Waals surface area contributed by atoms with Crippen molar-refractivity contribution >= 4 is 45.9 Å². The molecule has 3 fully saturated rings. The van der Waals surface area contributed by atoms with Crippen LogP contribution >= 0.6 is 11.8 Å². The van der Waals surface area contributed by atoms with Crippen LogP contribution in [0.1, 0.15) is 56.0 Å². The lowest BCUT2D eigenvalue weighted by Gasteiger charge is -2.44. The maximum Gasteiger partial charge on any atom is 0.250 e. The van der Waals surface area contributed by atoms with Gasteiger partial charge >= 0.3 is 0 Å². The maximum atomic E-state index is 14.6. The fourth-order valence-corrected chi connectivity index (χ4v) is 9.05. The zero-order chi connectivity index (χ0) is 31.9. The molecule has 4 aromatic rings.